The van der Waals surface area contributed by atoms with E-state index in [2.05, 4.69) is 4.18 Å². The number of rotatable bonds is 2. The van der Waals surface area contributed by atoms with Gasteiger partial charge in [-0.1, -0.05) is 0 Å². The summed E-state index contributed by atoms with van der Waals surface area (Å²) in [6, 6.07) is 5.93. The summed E-state index contributed by atoms with van der Waals surface area (Å²) in [7, 11) is 0. The van der Waals surface area contributed by atoms with Crippen LogP contribution in [0.15, 0.2) is 24.3 Å². The number of phenols is 1. The van der Waals surface area contributed by atoms with E-state index in [-0.39, 0.29) is 69.5 Å². The second kappa shape index (κ2) is 6.30. The van der Waals surface area contributed by atoms with Crippen molar-refractivity contribution in [3.05, 3.63) is 24.3 Å². The first-order valence-electron chi connectivity index (χ1n) is 2.58. The van der Waals surface area contributed by atoms with Gasteiger partial charge >= 0.3 is 51.4 Å². The number of hydrogen-bond acceptors (Lipinski definition) is 4. The van der Waals surface area contributed by atoms with Crippen LogP contribution in [0.2, 0.25) is 0 Å². The molecule has 1 aromatic rings. The van der Waals surface area contributed by atoms with Gasteiger partial charge in [-0.05, 0) is 36.6 Å². The molecule has 5 heteroatoms. The molecule has 0 aromatic heterocycles. The molecule has 0 heterocycles. The third-order valence-electron chi connectivity index (χ3n) is 0.967. The fourth-order valence-corrected chi connectivity index (χ4v) is 0.731. The molecule has 0 aliphatic carbocycles. The summed E-state index contributed by atoms with van der Waals surface area (Å²) in [5, 5.41) is 8.78. The van der Waals surface area contributed by atoms with Crippen LogP contribution >= 0.6 is 12.3 Å². The monoisotopic (exact) mass is 196 g/mol. The molecular weight excluding hydrogens is 191 g/mol. The molecule has 0 atom stereocenters. The Kier molecular flexibility index (Phi) is 6.74. The topological polar surface area (TPSA) is 52.5 Å². The van der Waals surface area contributed by atoms with Crippen LogP contribution in [-0.4, -0.2) is 9.66 Å². The van der Waals surface area contributed by atoms with E-state index >= 15 is 0 Å². The first-order chi connectivity index (χ1) is 4.83. The standard InChI is InChI=1S/C6H6O3S.K/c7-5-1-3-6(4-2-5)9-10-8;/h1-4,7-8H;/q;+1/p-1. The van der Waals surface area contributed by atoms with E-state index in [0.29, 0.717) is 5.75 Å². The summed E-state index contributed by atoms with van der Waals surface area (Å²) in [5.74, 6) is 0.598. The first kappa shape index (κ1) is 11.8. The van der Waals surface area contributed by atoms with Crippen LogP contribution in [0.4, 0.5) is 0 Å². The van der Waals surface area contributed by atoms with Crippen molar-refractivity contribution in [2.75, 3.05) is 0 Å². The minimum Gasteiger partial charge on any atom is -0.766 e. The van der Waals surface area contributed by atoms with E-state index < -0.39 is 0 Å². The molecule has 0 spiro atoms. The van der Waals surface area contributed by atoms with Gasteiger partial charge in [-0.15, -0.1) is 0 Å². The van der Waals surface area contributed by atoms with E-state index in [4.69, 9.17) is 5.11 Å². The zero-order chi connectivity index (χ0) is 7.40. The van der Waals surface area contributed by atoms with Crippen molar-refractivity contribution in [1.29, 1.82) is 0 Å². The van der Waals surface area contributed by atoms with E-state index in [1.165, 1.54) is 24.3 Å². The average Bonchev–Trinajstić information content (AvgIpc) is 1.95. The molecule has 1 aromatic carbocycles. The third-order valence-corrected chi connectivity index (χ3v) is 1.23. The number of benzene rings is 1. The van der Waals surface area contributed by atoms with Gasteiger partial charge in [0.25, 0.3) is 0 Å². The van der Waals surface area contributed by atoms with Crippen LogP contribution in [-0.2, 0) is 0 Å². The van der Waals surface area contributed by atoms with E-state index in [0.717, 1.165) is 0 Å². The van der Waals surface area contributed by atoms with Gasteiger partial charge in [0, 0.05) is 0 Å². The Morgan fingerprint density at radius 2 is 1.82 bits per heavy atom. The van der Waals surface area contributed by atoms with Gasteiger partial charge in [0.1, 0.15) is 11.5 Å². The van der Waals surface area contributed by atoms with Gasteiger partial charge in [0.05, 0.1) is 0 Å². The Balaban J connectivity index is 0.000001000. The van der Waals surface area contributed by atoms with Gasteiger partial charge in [0.2, 0.25) is 0 Å². The average molecular weight is 196 g/mol. The summed E-state index contributed by atoms with van der Waals surface area (Å²) in [6.07, 6.45) is 0. The predicted octanol–water partition coefficient (Wildman–Crippen LogP) is -1.45. The maximum absolute atomic E-state index is 9.82. The molecule has 0 unspecified atom stereocenters. The molecule has 0 radical (unpaired) electrons. The summed E-state index contributed by atoms with van der Waals surface area (Å²) < 4.78 is 14.3. The molecule has 0 saturated carbocycles. The molecule has 0 saturated heterocycles. The largest absolute Gasteiger partial charge is 1.00 e. The van der Waals surface area contributed by atoms with E-state index in [1.807, 2.05) is 0 Å². The van der Waals surface area contributed by atoms with Crippen LogP contribution in [0, 0.1) is 0 Å². The molecular formula is C6H5KO3S. The molecule has 0 fully saturated rings. The van der Waals surface area contributed by atoms with E-state index in [1.54, 1.807) is 0 Å². The minimum atomic E-state index is 0. The van der Waals surface area contributed by atoms with Crippen molar-refractivity contribution >= 4 is 12.3 Å². The number of hydrogen-bond donors (Lipinski definition) is 1. The summed E-state index contributed by atoms with van der Waals surface area (Å²) in [5.41, 5.74) is 0. The van der Waals surface area contributed by atoms with Crippen LogP contribution in [0.5, 0.6) is 11.5 Å². The van der Waals surface area contributed by atoms with Crippen molar-refractivity contribution in [3.8, 4) is 11.5 Å². The Hall–Kier alpha value is 0.766. The normalized spacial score (nSPS) is 8.45. The third kappa shape index (κ3) is 4.37. The molecule has 1 rings (SSSR count). The maximum Gasteiger partial charge on any atom is 1.00 e. The SMILES string of the molecule is [K+].[O-]SOc1ccc(O)cc1. The Bertz CT molecular complexity index is 201. The summed E-state index contributed by atoms with van der Waals surface area (Å²) in [4.78, 5) is 0. The predicted molar refractivity (Wildman–Crippen MR) is 37.1 cm³/mol. The molecule has 3 nitrogen and oxygen atoms in total. The van der Waals surface area contributed by atoms with Crippen molar-refractivity contribution in [3.63, 3.8) is 0 Å². The van der Waals surface area contributed by atoms with Crippen molar-refractivity contribution in [1.82, 2.24) is 0 Å². The van der Waals surface area contributed by atoms with Crippen LogP contribution in [0.1, 0.15) is 0 Å². The smallest absolute Gasteiger partial charge is 0.766 e. The number of aromatic hydroxyl groups is 1. The van der Waals surface area contributed by atoms with Crippen molar-refractivity contribution in [2.24, 2.45) is 0 Å². The minimum absolute atomic E-state index is 0. The Morgan fingerprint density at radius 1 is 1.27 bits per heavy atom. The fraction of sp³-hybridized carbons (Fsp3) is 0. The van der Waals surface area contributed by atoms with Crippen molar-refractivity contribution < 1.29 is 65.2 Å². The molecule has 0 amide bonds. The van der Waals surface area contributed by atoms with Gasteiger partial charge in [0.15, 0.2) is 0 Å². The maximum atomic E-state index is 9.82. The molecule has 0 bridgehead atoms. The fourth-order valence-electron chi connectivity index (χ4n) is 0.541. The Labute approximate surface area is 112 Å². The summed E-state index contributed by atoms with van der Waals surface area (Å²) >= 11 is 0.0289. The Morgan fingerprint density at radius 3 is 2.27 bits per heavy atom. The molecule has 11 heavy (non-hydrogen) atoms. The van der Waals surface area contributed by atoms with Crippen molar-refractivity contribution in [2.45, 2.75) is 0 Å². The molecule has 54 valence electrons. The molecule has 1 N–H and O–H groups in total. The second-order valence-corrected chi connectivity index (χ2v) is 1.95. The summed E-state index contributed by atoms with van der Waals surface area (Å²) in [6.45, 7) is 0. The van der Waals surface area contributed by atoms with Crippen LogP contribution < -0.4 is 55.6 Å². The second-order valence-electron chi connectivity index (χ2n) is 1.65. The van der Waals surface area contributed by atoms with Crippen LogP contribution in [0.3, 0.4) is 0 Å². The van der Waals surface area contributed by atoms with Gasteiger partial charge in [-0.3, -0.25) is 0 Å². The van der Waals surface area contributed by atoms with Gasteiger partial charge in [-0.25, -0.2) is 0 Å². The van der Waals surface area contributed by atoms with Gasteiger partial charge in [-0.2, -0.15) is 0 Å². The van der Waals surface area contributed by atoms with Gasteiger partial charge < -0.3 is 13.8 Å². The molecule has 0 aliphatic heterocycles. The first-order valence-corrected chi connectivity index (χ1v) is 3.25. The van der Waals surface area contributed by atoms with E-state index in [9.17, 15) is 4.55 Å². The quantitative estimate of drug-likeness (QED) is 0.464. The van der Waals surface area contributed by atoms with Crippen LogP contribution in [0.25, 0.3) is 0 Å². The molecule has 0 aliphatic rings. The number of phenolic OH excluding ortho intramolecular Hbond substituents is 1. The zero-order valence-electron chi connectivity index (χ0n) is 5.98. The zero-order valence-corrected chi connectivity index (χ0v) is 9.92.